The third kappa shape index (κ3) is 4.56. The van der Waals surface area contributed by atoms with Crippen LogP contribution in [0, 0.1) is 5.92 Å². The first-order chi connectivity index (χ1) is 15.0. The second kappa shape index (κ2) is 8.94. The lowest BCUT2D eigenvalue weighted by Gasteiger charge is -2.22. The van der Waals surface area contributed by atoms with E-state index in [0.717, 1.165) is 10.5 Å². The van der Waals surface area contributed by atoms with Crippen LogP contribution < -0.4 is 10.6 Å². The first-order valence-corrected chi connectivity index (χ1v) is 10.7. The summed E-state index contributed by atoms with van der Waals surface area (Å²) in [7, 11) is 0. The molecule has 1 fully saturated rings. The Labute approximate surface area is 188 Å². The number of carbonyl (C=O) groups is 4. The minimum absolute atomic E-state index is 0.121. The van der Waals surface area contributed by atoms with E-state index in [1.807, 2.05) is 24.3 Å². The minimum Gasteiger partial charge on any atom is -0.326 e. The molecule has 2 N–H and O–H groups in total. The number of rotatable bonds is 7. The molecular weight excluding hydrogens is 406 g/mol. The predicted octanol–water partition coefficient (Wildman–Crippen LogP) is 4.05. The molecule has 168 valence electrons. The zero-order chi connectivity index (χ0) is 23.6. The zero-order valence-electron chi connectivity index (χ0n) is 19.1. The summed E-state index contributed by atoms with van der Waals surface area (Å²) in [6.07, 6.45) is 0. The number of urea groups is 1. The third-order valence-corrected chi connectivity index (χ3v) is 5.73. The minimum atomic E-state index is -1.22. The van der Waals surface area contributed by atoms with Crippen LogP contribution >= 0.6 is 0 Å². The van der Waals surface area contributed by atoms with Crippen molar-refractivity contribution in [2.75, 3.05) is 11.9 Å². The number of hydrogen-bond donors (Lipinski definition) is 2. The van der Waals surface area contributed by atoms with Gasteiger partial charge in [-0.3, -0.25) is 19.3 Å². The fourth-order valence-corrected chi connectivity index (χ4v) is 3.50. The number of hydrogen-bond acceptors (Lipinski definition) is 4. The van der Waals surface area contributed by atoms with E-state index in [0.29, 0.717) is 22.7 Å². The van der Waals surface area contributed by atoms with E-state index in [9.17, 15) is 19.2 Å². The van der Waals surface area contributed by atoms with Gasteiger partial charge in [-0.2, -0.15) is 0 Å². The first kappa shape index (κ1) is 23.2. The van der Waals surface area contributed by atoms with Crippen molar-refractivity contribution in [1.82, 2.24) is 10.2 Å². The first-order valence-electron chi connectivity index (χ1n) is 10.7. The molecule has 0 aliphatic carbocycles. The lowest BCUT2D eigenvalue weighted by molar-refractivity contribution is -0.130. The molecule has 3 rings (SSSR count). The smallest absolute Gasteiger partial charge is 0.325 e. The molecule has 7 nitrogen and oxygen atoms in total. The van der Waals surface area contributed by atoms with Crippen LogP contribution in [-0.2, 0) is 15.1 Å². The van der Waals surface area contributed by atoms with Gasteiger partial charge in [0.1, 0.15) is 5.54 Å². The molecule has 1 saturated heterocycles. The van der Waals surface area contributed by atoms with Gasteiger partial charge in [0.25, 0.3) is 5.91 Å². The van der Waals surface area contributed by atoms with Gasteiger partial charge in [0.05, 0.1) is 6.54 Å². The lowest BCUT2D eigenvalue weighted by atomic mass is 9.90. The van der Waals surface area contributed by atoms with E-state index in [1.165, 1.54) is 0 Å². The number of nitrogens with zero attached hydrogens (tertiary/aromatic N) is 1. The van der Waals surface area contributed by atoms with E-state index < -0.39 is 17.5 Å². The van der Waals surface area contributed by atoms with Crippen molar-refractivity contribution < 1.29 is 19.2 Å². The van der Waals surface area contributed by atoms with Gasteiger partial charge in [0.2, 0.25) is 5.91 Å². The number of benzene rings is 2. The second-order valence-corrected chi connectivity index (χ2v) is 8.87. The lowest BCUT2D eigenvalue weighted by Crippen LogP contribution is -2.41. The highest BCUT2D eigenvalue weighted by molar-refractivity contribution is 6.11. The molecule has 2 aromatic carbocycles. The topological polar surface area (TPSA) is 95.6 Å². The molecule has 0 saturated carbocycles. The van der Waals surface area contributed by atoms with Crippen LogP contribution in [0.25, 0.3) is 0 Å². The molecule has 1 atom stereocenters. The zero-order valence-corrected chi connectivity index (χ0v) is 19.1. The molecule has 4 amide bonds. The molecule has 1 heterocycles. The fourth-order valence-electron chi connectivity index (χ4n) is 3.50. The Kier molecular flexibility index (Phi) is 6.48. The van der Waals surface area contributed by atoms with Crippen molar-refractivity contribution in [3.05, 3.63) is 65.2 Å². The van der Waals surface area contributed by atoms with Gasteiger partial charge in [0.15, 0.2) is 5.78 Å². The molecular formula is C25H29N3O4. The van der Waals surface area contributed by atoms with Crippen LogP contribution in [0.15, 0.2) is 48.5 Å². The molecule has 1 aliphatic heterocycles. The highest BCUT2D eigenvalue weighted by Crippen LogP contribution is 2.30. The number of Topliss-reactive ketones (excluding diaryl/α,β-unsaturated/α-hetero) is 1. The molecule has 2 aromatic rings. The van der Waals surface area contributed by atoms with Crippen LogP contribution in [0.2, 0.25) is 0 Å². The molecule has 0 aromatic heterocycles. The van der Waals surface area contributed by atoms with E-state index >= 15 is 0 Å². The number of carbonyl (C=O) groups excluding carboxylic acids is 4. The quantitative estimate of drug-likeness (QED) is 0.507. The van der Waals surface area contributed by atoms with Crippen molar-refractivity contribution in [2.45, 2.75) is 46.1 Å². The summed E-state index contributed by atoms with van der Waals surface area (Å²) in [5.74, 6) is -0.760. The summed E-state index contributed by atoms with van der Waals surface area (Å²) in [6, 6.07) is 13.3. The van der Waals surface area contributed by atoms with E-state index in [-0.39, 0.29) is 24.2 Å². The molecule has 32 heavy (non-hydrogen) atoms. The van der Waals surface area contributed by atoms with Gasteiger partial charge in [-0.1, -0.05) is 52.0 Å². The largest absolute Gasteiger partial charge is 0.326 e. The Hall–Kier alpha value is -3.48. The molecule has 1 aliphatic rings. The highest BCUT2D eigenvalue weighted by atomic mass is 16.2. The number of anilines is 1. The SMILES string of the molecule is CC(C)C(=O)Nc1ccc(C(=O)CN2C(=O)NC(C)(c3ccc(C(C)C)cc3)C2=O)cc1. The van der Waals surface area contributed by atoms with Crippen molar-refractivity contribution in [3.8, 4) is 0 Å². The Bertz CT molecular complexity index is 1040. The van der Waals surface area contributed by atoms with Crippen molar-refractivity contribution in [3.63, 3.8) is 0 Å². The van der Waals surface area contributed by atoms with Crippen molar-refractivity contribution in [1.29, 1.82) is 0 Å². The van der Waals surface area contributed by atoms with Crippen LogP contribution in [0.3, 0.4) is 0 Å². The summed E-state index contributed by atoms with van der Waals surface area (Å²) in [4.78, 5) is 51.1. The summed E-state index contributed by atoms with van der Waals surface area (Å²) in [6.45, 7) is 9.03. The van der Waals surface area contributed by atoms with Gasteiger partial charge in [-0.15, -0.1) is 0 Å². The number of ketones is 1. The third-order valence-electron chi connectivity index (χ3n) is 5.73. The molecule has 1 unspecified atom stereocenters. The number of nitrogens with one attached hydrogen (secondary N) is 2. The van der Waals surface area contributed by atoms with Gasteiger partial charge < -0.3 is 10.6 Å². The molecule has 7 heteroatoms. The second-order valence-electron chi connectivity index (χ2n) is 8.87. The van der Waals surface area contributed by atoms with Gasteiger partial charge in [-0.05, 0) is 48.2 Å². The maximum absolute atomic E-state index is 13.1. The Balaban J connectivity index is 1.72. The van der Waals surface area contributed by atoms with E-state index in [1.54, 1.807) is 45.0 Å². The van der Waals surface area contributed by atoms with E-state index in [4.69, 9.17) is 0 Å². The summed E-state index contributed by atoms with van der Waals surface area (Å²) >= 11 is 0. The van der Waals surface area contributed by atoms with Crippen LogP contribution in [0.1, 0.15) is 62.0 Å². The monoisotopic (exact) mass is 435 g/mol. The number of imide groups is 1. The maximum Gasteiger partial charge on any atom is 0.325 e. The summed E-state index contributed by atoms with van der Waals surface area (Å²) in [5.41, 5.74) is 1.50. The fraction of sp³-hybridized carbons (Fsp3) is 0.360. The van der Waals surface area contributed by atoms with Crippen LogP contribution in [-0.4, -0.2) is 35.1 Å². The standard InChI is InChI=1S/C25H29N3O4/c1-15(2)17-6-10-19(11-7-17)25(5)23(31)28(24(32)27-25)14-21(29)18-8-12-20(13-9-18)26-22(30)16(3)4/h6-13,15-16H,14H2,1-5H3,(H,26,30)(H,27,32). The normalized spacial score (nSPS) is 18.3. The maximum atomic E-state index is 13.1. The molecule has 0 bridgehead atoms. The summed E-state index contributed by atoms with van der Waals surface area (Å²) in [5, 5.41) is 5.49. The predicted molar refractivity (Wildman–Crippen MR) is 122 cm³/mol. The Morgan fingerprint density at radius 3 is 2.09 bits per heavy atom. The van der Waals surface area contributed by atoms with Gasteiger partial charge in [0, 0.05) is 17.2 Å². The number of amides is 4. The molecule has 0 radical (unpaired) electrons. The average molecular weight is 436 g/mol. The van der Waals surface area contributed by atoms with Gasteiger partial charge in [-0.25, -0.2) is 4.79 Å². The average Bonchev–Trinajstić information content (AvgIpc) is 2.98. The molecule has 0 spiro atoms. The van der Waals surface area contributed by atoms with Crippen molar-refractivity contribution >= 4 is 29.3 Å². The van der Waals surface area contributed by atoms with E-state index in [2.05, 4.69) is 24.5 Å². The van der Waals surface area contributed by atoms with Crippen molar-refractivity contribution in [2.24, 2.45) is 5.92 Å². The highest BCUT2D eigenvalue weighted by Gasteiger charge is 2.49. The summed E-state index contributed by atoms with van der Waals surface area (Å²) < 4.78 is 0. The Morgan fingerprint density at radius 1 is 0.969 bits per heavy atom. The van der Waals surface area contributed by atoms with Crippen LogP contribution in [0.4, 0.5) is 10.5 Å². The Morgan fingerprint density at radius 2 is 1.56 bits per heavy atom. The van der Waals surface area contributed by atoms with Crippen LogP contribution in [0.5, 0.6) is 0 Å². The van der Waals surface area contributed by atoms with Gasteiger partial charge >= 0.3 is 6.03 Å².